The molecule has 1 aliphatic rings. The van der Waals surface area contributed by atoms with Crippen molar-refractivity contribution in [3.05, 3.63) is 59.9 Å². The highest BCUT2D eigenvalue weighted by Crippen LogP contribution is 2.39. The molecule has 1 saturated heterocycles. The Balaban J connectivity index is 2.03. The zero-order valence-corrected chi connectivity index (χ0v) is 14.1. The van der Waals surface area contributed by atoms with Gasteiger partial charge < -0.3 is 0 Å². The van der Waals surface area contributed by atoms with E-state index in [4.69, 9.17) is 5.14 Å². The van der Waals surface area contributed by atoms with E-state index >= 15 is 0 Å². The van der Waals surface area contributed by atoms with E-state index in [1.807, 2.05) is 0 Å². The van der Waals surface area contributed by atoms with Gasteiger partial charge in [-0.05, 0) is 30.7 Å². The highest BCUT2D eigenvalue weighted by molar-refractivity contribution is 7.89. The van der Waals surface area contributed by atoms with Crippen molar-refractivity contribution < 1.29 is 22.4 Å². The summed E-state index contributed by atoms with van der Waals surface area (Å²) in [5.41, 5.74) is -0.412. The minimum atomic E-state index is -4.23. The van der Waals surface area contributed by atoms with Crippen molar-refractivity contribution in [2.24, 2.45) is 5.14 Å². The van der Waals surface area contributed by atoms with Gasteiger partial charge in [0.2, 0.25) is 21.8 Å². The number of rotatable bonds is 3. The molecule has 0 radical (unpaired) electrons. The average Bonchev–Trinajstić information content (AvgIpc) is 2.77. The number of hydrogen-bond acceptors (Lipinski definition) is 4. The Morgan fingerprint density at radius 3 is 2.32 bits per heavy atom. The number of halogens is 1. The molecule has 2 aromatic carbocycles. The van der Waals surface area contributed by atoms with Gasteiger partial charge in [0, 0.05) is 6.42 Å². The minimum Gasteiger partial charge on any atom is -0.274 e. The lowest BCUT2D eigenvalue weighted by molar-refractivity contribution is -0.122. The molecule has 0 spiro atoms. The Hall–Kier alpha value is -2.58. The molecule has 25 heavy (non-hydrogen) atoms. The SMILES string of the molecule is CC1(c2ccccc2)CC(=O)N(c2ccc(S(N)(=O)=O)c(F)c2)C1=O. The maximum absolute atomic E-state index is 14.1. The van der Waals surface area contributed by atoms with E-state index in [1.165, 1.54) is 6.07 Å². The fourth-order valence-electron chi connectivity index (χ4n) is 2.97. The smallest absolute Gasteiger partial charge is 0.244 e. The van der Waals surface area contributed by atoms with Gasteiger partial charge in [-0.25, -0.2) is 22.8 Å². The molecule has 0 aromatic heterocycles. The van der Waals surface area contributed by atoms with Crippen LogP contribution in [0, 0.1) is 5.82 Å². The number of anilines is 1. The van der Waals surface area contributed by atoms with Crippen LogP contribution in [0.15, 0.2) is 53.4 Å². The monoisotopic (exact) mass is 362 g/mol. The van der Waals surface area contributed by atoms with Crippen LogP contribution in [0.2, 0.25) is 0 Å². The van der Waals surface area contributed by atoms with Crippen LogP contribution in [0.5, 0.6) is 0 Å². The van der Waals surface area contributed by atoms with Gasteiger partial charge in [-0.3, -0.25) is 9.59 Å². The first-order valence-corrected chi connectivity index (χ1v) is 8.94. The van der Waals surface area contributed by atoms with Crippen LogP contribution < -0.4 is 10.0 Å². The Bertz CT molecular complexity index is 975. The third kappa shape index (κ3) is 2.83. The van der Waals surface area contributed by atoms with E-state index in [0.29, 0.717) is 5.56 Å². The number of primary sulfonamides is 1. The number of amides is 2. The van der Waals surface area contributed by atoms with Gasteiger partial charge in [0.05, 0.1) is 11.1 Å². The maximum Gasteiger partial charge on any atom is 0.244 e. The van der Waals surface area contributed by atoms with E-state index in [1.54, 1.807) is 37.3 Å². The van der Waals surface area contributed by atoms with Gasteiger partial charge in [-0.1, -0.05) is 30.3 Å². The van der Waals surface area contributed by atoms with Crippen LogP contribution in [-0.2, 0) is 25.0 Å². The molecule has 8 heteroatoms. The van der Waals surface area contributed by atoms with Crippen molar-refractivity contribution in [1.29, 1.82) is 0 Å². The van der Waals surface area contributed by atoms with Crippen molar-refractivity contribution in [2.45, 2.75) is 23.7 Å². The molecule has 1 aliphatic heterocycles. The molecule has 1 unspecified atom stereocenters. The molecule has 0 bridgehead atoms. The van der Waals surface area contributed by atoms with Crippen LogP contribution >= 0.6 is 0 Å². The van der Waals surface area contributed by atoms with Crippen LogP contribution in [0.3, 0.4) is 0 Å². The number of carbonyl (C=O) groups is 2. The number of nitrogens with zero attached hydrogens (tertiary/aromatic N) is 1. The molecular weight excluding hydrogens is 347 g/mol. The second-order valence-electron chi connectivity index (χ2n) is 6.07. The number of hydrogen-bond donors (Lipinski definition) is 1. The van der Waals surface area contributed by atoms with Crippen molar-refractivity contribution in [1.82, 2.24) is 0 Å². The molecule has 0 aliphatic carbocycles. The predicted octanol–water partition coefficient (Wildman–Crippen LogP) is 1.69. The first kappa shape index (κ1) is 17.2. The van der Waals surface area contributed by atoms with Gasteiger partial charge in [0.15, 0.2) is 0 Å². The molecule has 6 nitrogen and oxygen atoms in total. The molecule has 1 fully saturated rings. The Morgan fingerprint density at radius 2 is 1.76 bits per heavy atom. The normalized spacial score (nSPS) is 21.0. The molecule has 130 valence electrons. The Morgan fingerprint density at radius 1 is 1.12 bits per heavy atom. The summed E-state index contributed by atoms with van der Waals surface area (Å²) in [5, 5.41) is 4.92. The topological polar surface area (TPSA) is 97.5 Å². The summed E-state index contributed by atoms with van der Waals surface area (Å²) in [6.07, 6.45) is -0.0611. The van der Waals surface area contributed by atoms with E-state index < -0.39 is 38.0 Å². The maximum atomic E-state index is 14.1. The lowest BCUT2D eigenvalue weighted by atomic mass is 9.81. The van der Waals surface area contributed by atoms with E-state index in [2.05, 4.69) is 0 Å². The zero-order valence-electron chi connectivity index (χ0n) is 13.3. The van der Waals surface area contributed by atoms with Crippen LogP contribution in [0.25, 0.3) is 0 Å². The standard InChI is InChI=1S/C17H15FN2O4S/c1-17(11-5-3-2-4-6-11)10-15(21)20(16(17)22)12-7-8-14(13(18)9-12)25(19,23)24/h2-9H,10H2,1H3,(H2,19,23,24). The number of sulfonamides is 1. The average molecular weight is 362 g/mol. The molecule has 1 heterocycles. The fraction of sp³-hybridized carbons (Fsp3) is 0.176. The number of benzene rings is 2. The molecule has 1 atom stereocenters. The predicted molar refractivity (Wildman–Crippen MR) is 88.7 cm³/mol. The van der Waals surface area contributed by atoms with Crippen molar-refractivity contribution >= 4 is 27.5 Å². The number of imide groups is 1. The third-order valence-electron chi connectivity index (χ3n) is 4.32. The summed E-state index contributed by atoms with van der Waals surface area (Å²) in [7, 11) is -4.23. The Labute approximate surface area is 144 Å². The number of nitrogens with two attached hydrogens (primary N) is 1. The van der Waals surface area contributed by atoms with Crippen molar-refractivity contribution in [2.75, 3.05) is 4.90 Å². The molecule has 0 saturated carbocycles. The largest absolute Gasteiger partial charge is 0.274 e. The second kappa shape index (κ2) is 5.75. The molecule has 3 rings (SSSR count). The molecule has 2 aromatic rings. The summed E-state index contributed by atoms with van der Waals surface area (Å²) in [6, 6.07) is 11.8. The highest BCUT2D eigenvalue weighted by Gasteiger charge is 2.50. The third-order valence-corrected chi connectivity index (χ3v) is 5.26. The summed E-state index contributed by atoms with van der Waals surface area (Å²) in [5.74, 6) is -2.10. The summed E-state index contributed by atoms with van der Waals surface area (Å²) >= 11 is 0. The van der Waals surface area contributed by atoms with Crippen molar-refractivity contribution in [3.63, 3.8) is 0 Å². The van der Waals surface area contributed by atoms with Gasteiger partial charge in [-0.15, -0.1) is 0 Å². The first-order valence-electron chi connectivity index (χ1n) is 7.40. The quantitative estimate of drug-likeness (QED) is 0.840. The van der Waals surface area contributed by atoms with Gasteiger partial charge >= 0.3 is 0 Å². The second-order valence-corrected chi connectivity index (χ2v) is 7.60. The number of carbonyl (C=O) groups excluding carboxylic acids is 2. The van der Waals surface area contributed by atoms with E-state index in [9.17, 15) is 22.4 Å². The summed E-state index contributed by atoms with van der Waals surface area (Å²) in [4.78, 5) is 25.5. The first-order chi connectivity index (χ1) is 11.6. The van der Waals surface area contributed by atoms with Crippen LogP contribution in [0.4, 0.5) is 10.1 Å². The Kier molecular flexibility index (Phi) is 3.97. The van der Waals surface area contributed by atoms with Crippen LogP contribution in [-0.4, -0.2) is 20.2 Å². The van der Waals surface area contributed by atoms with E-state index in [-0.39, 0.29) is 12.1 Å². The molecule has 2 N–H and O–H groups in total. The fourth-order valence-corrected chi connectivity index (χ4v) is 3.56. The van der Waals surface area contributed by atoms with Gasteiger partial charge in [0.1, 0.15) is 10.7 Å². The zero-order chi connectivity index (χ0) is 18.4. The van der Waals surface area contributed by atoms with Crippen LogP contribution in [0.1, 0.15) is 18.9 Å². The van der Waals surface area contributed by atoms with Crippen molar-refractivity contribution in [3.8, 4) is 0 Å². The summed E-state index contributed by atoms with van der Waals surface area (Å²) < 4.78 is 36.6. The molecule has 2 amide bonds. The van der Waals surface area contributed by atoms with E-state index in [0.717, 1.165) is 17.0 Å². The van der Waals surface area contributed by atoms with Gasteiger partial charge in [-0.2, -0.15) is 0 Å². The molecular formula is C17H15FN2O4S. The minimum absolute atomic E-state index is 0.0282. The lowest BCUT2D eigenvalue weighted by Crippen LogP contribution is -2.36. The van der Waals surface area contributed by atoms with Gasteiger partial charge in [0.25, 0.3) is 0 Å². The lowest BCUT2D eigenvalue weighted by Gasteiger charge is -2.22. The summed E-state index contributed by atoms with van der Waals surface area (Å²) in [6.45, 7) is 1.65. The highest BCUT2D eigenvalue weighted by atomic mass is 32.2.